The molecule has 0 aromatic carbocycles. The molecule has 4 N–H and O–H groups in total. The third-order valence-electron chi connectivity index (χ3n) is 6.25. The largest absolute Gasteiger partial charge is 0.494 e. The van der Waals surface area contributed by atoms with E-state index in [-0.39, 0.29) is 12.0 Å². The second-order valence-electron chi connectivity index (χ2n) is 8.28. The highest BCUT2D eigenvalue weighted by molar-refractivity contribution is 6.19. The number of carbonyl (C=O) groups is 3. The van der Waals surface area contributed by atoms with Gasteiger partial charge in [0.1, 0.15) is 6.54 Å². The van der Waals surface area contributed by atoms with Crippen LogP contribution in [0.15, 0.2) is 11.5 Å². The van der Waals surface area contributed by atoms with Gasteiger partial charge in [0.15, 0.2) is 5.57 Å². The van der Waals surface area contributed by atoms with Gasteiger partial charge in [-0.15, -0.1) is 0 Å². The lowest BCUT2D eigenvalue weighted by Crippen LogP contribution is -2.61. The Balaban J connectivity index is 1.89. The van der Waals surface area contributed by atoms with Crippen molar-refractivity contribution in [3.63, 3.8) is 0 Å². The van der Waals surface area contributed by atoms with E-state index >= 15 is 0 Å². The number of hydrogen-bond acceptors (Lipinski definition) is 6. The zero-order valence-corrected chi connectivity index (χ0v) is 16.7. The normalized spacial score (nSPS) is 24.7. The molecule has 1 aliphatic heterocycles. The third-order valence-corrected chi connectivity index (χ3v) is 6.25. The van der Waals surface area contributed by atoms with E-state index in [0.29, 0.717) is 6.54 Å². The maximum atomic E-state index is 13.0. The second kappa shape index (κ2) is 9.47. The summed E-state index contributed by atoms with van der Waals surface area (Å²) in [6.45, 7) is -0.344. The van der Waals surface area contributed by atoms with Crippen LogP contribution in [0.1, 0.15) is 64.2 Å². The molecule has 0 saturated heterocycles. The molecule has 2 aliphatic carbocycles. The number of carboxylic acids is 1. The molecule has 0 bridgehead atoms. The van der Waals surface area contributed by atoms with Crippen molar-refractivity contribution in [2.24, 2.45) is 5.92 Å². The van der Waals surface area contributed by atoms with Crippen LogP contribution in [0.5, 0.6) is 0 Å². The van der Waals surface area contributed by atoms with Gasteiger partial charge in [-0.2, -0.15) is 0 Å². The summed E-state index contributed by atoms with van der Waals surface area (Å²) in [7, 11) is 0. The van der Waals surface area contributed by atoms with Crippen molar-refractivity contribution in [1.82, 2.24) is 15.1 Å². The first-order valence-corrected chi connectivity index (χ1v) is 10.6. The van der Waals surface area contributed by atoms with Gasteiger partial charge in [-0.25, -0.2) is 0 Å². The van der Waals surface area contributed by atoms with E-state index in [4.69, 9.17) is 5.11 Å². The Labute approximate surface area is 170 Å². The van der Waals surface area contributed by atoms with Gasteiger partial charge < -0.3 is 20.6 Å². The number of aliphatic hydroxyl groups excluding tert-OH is 2. The first-order chi connectivity index (χ1) is 13.9. The van der Waals surface area contributed by atoms with Crippen LogP contribution in [0, 0.1) is 5.92 Å². The van der Waals surface area contributed by atoms with Crippen LogP contribution in [-0.2, 0) is 14.4 Å². The van der Waals surface area contributed by atoms with Crippen molar-refractivity contribution in [3.05, 3.63) is 11.5 Å². The van der Waals surface area contributed by atoms with E-state index < -0.39 is 42.1 Å². The maximum absolute atomic E-state index is 13.0. The molecule has 1 heterocycles. The van der Waals surface area contributed by atoms with E-state index in [9.17, 15) is 24.6 Å². The smallest absolute Gasteiger partial charge is 0.322 e. The first-order valence-electron chi connectivity index (χ1n) is 10.6. The highest BCUT2D eigenvalue weighted by Crippen LogP contribution is 2.33. The maximum Gasteiger partial charge on any atom is 0.322 e. The quantitative estimate of drug-likeness (QED) is 0.486. The summed E-state index contributed by atoms with van der Waals surface area (Å²) in [4.78, 5) is 39.0. The average Bonchev–Trinajstić information content (AvgIpc) is 2.71. The molecule has 3 rings (SSSR count). The summed E-state index contributed by atoms with van der Waals surface area (Å²) in [6, 6.07) is -0.178. The molecule has 1 unspecified atom stereocenters. The number of nitrogens with one attached hydrogen (secondary N) is 1. The number of hydrogen-bond donors (Lipinski definition) is 4. The van der Waals surface area contributed by atoms with Crippen LogP contribution in [-0.4, -0.2) is 68.4 Å². The highest BCUT2D eigenvalue weighted by Gasteiger charge is 2.45. The van der Waals surface area contributed by atoms with E-state index in [0.717, 1.165) is 64.2 Å². The Bertz CT molecular complexity index is 667. The summed E-state index contributed by atoms with van der Waals surface area (Å²) >= 11 is 0. The summed E-state index contributed by atoms with van der Waals surface area (Å²) in [6.07, 6.45) is 8.33. The summed E-state index contributed by atoms with van der Waals surface area (Å²) < 4.78 is 0. The lowest BCUT2D eigenvalue weighted by molar-refractivity contribution is -0.173. The minimum atomic E-state index is -1.33. The Hall–Kier alpha value is -2.29. The molecule has 1 atom stereocenters. The van der Waals surface area contributed by atoms with Crippen molar-refractivity contribution < 1.29 is 29.7 Å². The van der Waals surface area contributed by atoms with Crippen molar-refractivity contribution in [2.45, 2.75) is 76.6 Å². The topological polar surface area (TPSA) is 130 Å². The van der Waals surface area contributed by atoms with Crippen LogP contribution in [0.25, 0.3) is 0 Å². The zero-order valence-electron chi connectivity index (χ0n) is 16.7. The number of aliphatic carboxylic acids is 1. The van der Waals surface area contributed by atoms with Crippen molar-refractivity contribution in [1.29, 1.82) is 0 Å². The van der Waals surface area contributed by atoms with Gasteiger partial charge in [0.05, 0.1) is 0 Å². The lowest BCUT2D eigenvalue weighted by Gasteiger charge is -2.46. The average molecular weight is 409 g/mol. The number of carboxylic acid groups (broad SMARTS) is 1. The molecular weight excluding hydrogens is 378 g/mol. The molecule has 9 heteroatoms. The number of aliphatic hydroxyl groups is 2. The van der Waals surface area contributed by atoms with Crippen LogP contribution in [0.2, 0.25) is 0 Å². The second-order valence-corrected chi connectivity index (χ2v) is 8.28. The molecule has 0 radical (unpaired) electrons. The minimum absolute atomic E-state index is 0.178. The van der Waals surface area contributed by atoms with E-state index in [1.807, 2.05) is 0 Å². The minimum Gasteiger partial charge on any atom is -0.494 e. The predicted molar refractivity (Wildman–Crippen MR) is 103 cm³/mol. The van der Waals surface area contributed by atoms with Gasteiger partial charge in [-0.3, -0.25) is 24.2 Å². The van der Waals surface area contributed by atoms with Crippen molar-refractivity contribution in [3.8, 4) is 0 Å². The van der Waals surface area contributed by atoms with Gasteiger partial charge >= 0.3 is 5.97 Å². The van der Waals surface area contributed by atoms with Gasteiger partial charge in [0.25, 0.3) is 11.8 Å². The number of rotatable bonds is 6. The molecule has 9 nitrogen and oxygen atoms in total. The molecule has 162 valence electrons. The molecule has 0 aromatic heterocycles. The standard InChI is InChI=1S/C20H31N3O6/c24-15(25)11-21-17(26)16-18(27)22(12-13-7-3-1-4-8-13)20(29)23(19(16)28)14-9-5-2-6-10-14/h13-14,20,28-29H,1-12H2,(H,21,26)(H,24,25). The Kier molecular flexibility index (Phi) is 7.00. The van der Waals surface area contributed by atoms with Crippen molar-refractivity contribution in [2.75, 3.05) is 13.1 Å². The van der Waals surface area contributed by atoms with Gasteiger partial charge in [0, 0.05) is 12.6 Å². The SMILES string of the molecule is O=C(O)CNC(=O)C1=C(O)N(C2CCCCC2)C(O)N(CC2CCCCC2)C1=O. The summed E-state index contributed by atoms with van der Waals surface area (Å²) in [5.41, 5.74) is -0.488. The van der Waals surface area contributed by atoms with Crippen LogP contribution in [0.3, 0.4) is 0 Å². The Morgan fingerprint density at radius 3 is 2.17 bits per heavy atom. The van der Waals surface area contributed by atoms with E-state index in [2.05, 4.69) is 5.32 Å². The monoisotopic (exact) mass is 409 g/mol. The molecule has 3 aliphatic rings. The fourth-order valence-corrected chi connectivity index (χ4v) is 4.72. The summed E-state index contributed by atoms with van der Waals surface area (Å²) in [5, 5.41) is 32.7. The third kappa shape index (κ3) is 4.83. The molecule has 2 fully saturated rings. The molecule has 2 amide bonds. The fraction of sp³-hybridized carbons (Fsp3) is 0.750. The van der Waals surface area contributed by atoms with Gasteiger partial charge in [-0.05, 0) is 31.6 Å². The molecule has 29 heavy (non-hydrogen) atoms. The van der Waals surface area contributed by atoms with E-state index in [1.54, 1.807) is 0 Å². The number of amides is 2. The molecule has 0 spiro atoms. The van der Waals surface area contributed by atoms with E-state index in [1.165, 1.54) is 9.80 Å². The van der Waals surface area contributed by atoms with Crippen LogP contribution < -0.4 is 5.32 Å². The Morgan fingerprint density at radius 2 is 1.59 bits per heavy atom. The van der Waals surface area contributed by atoms with Gasteiger partial charge in [0.2, 0.25) is 12.2 Å². The Morgan fingerprint density at radius 1 is 1.00 bits per heavy atom. The first kappa shape index (κ1) is 21.4. The van der Waals surface area contributed by atoms with Crippen LogP contribution in [0.4, 0.5) is 0 Å². The zero-order chi connectivity index (χ0) is 21.0. The van der Waals surface area contributed by atoms with Gasteiger partial charge in [-0.1, -0.05) is 38.5 Å². The molecule has 2 saturated carbocycles. The predicted octanol–water partition coefficient (Wildman–Crippen LogP) is 1.29. The summed E-state index contributed by atoms with van der Waals surface area (Å²) in [5.74, 6) is -3.26. The van der Waals surface area contributed by atoms with Crippen LogP contribution >= 0.6 is 0 Å². The van der Waals surface area contributed by atoms with Crippen molar-refractivity contribution >= 4 is 17.8 Å². The molecular formula is C20H31N3O6. The number of nitrogens with zero attached hydrogens (tertiary/aromatic N) is 2. The lowest BCUT2D eigenvalue weighted by atomic mass is 9.88. The highest BCUT2D eigenvalue weighted by atomic mass is 16.4. The molecule has 0 aromatic rings. The number of carbonyl (C=O) groups excluding carboxylic acids is 2. The fourth-order valence-electron chi connectivity index (χ4n) is 4.72.